The molecule has 0 saturated carbocycles. The van der Waals surface area contributed by atoms with Gasteiger partial charge in [0.1, 0.15) is 0 Å². The second-order valence-electron chi connectivity index (χ2n) is 3.42. The second-order valence-corrected chi connectivity index (χ2v) is 3.42. The van der Waals surface area contributed by atoms with Crippen molar-refractivity contribution in [2.24, 2.45) is 0 Å². The third-order valence-corrected chi connectivity index (χ3v) is 2.06. The first-order chi connectivity index (χ1) is 7.65. The third kappa shape index (κ3) is 2.25. The van der Waals surface area contributed by atoms with E-state index in [-0.39, 0.29) is 12.3 Å². The van der Waals surface area contributed by atoms with Crippen LogP contribution >= 0.6 is 0 Å². The van der Waals surface area contributed by atoms with Gasteiger partial charge in [-0.1, -0.05) is 17.7 Å². The molecule has 82 valence electrons. The Morgan fingerprint density at radius 1 is 1.31 bits per heavy atom. The lowest BCUT2D eigenvalue weighted by atomic mass is 10.1. The van der Waals surface area contributed by atoms with Crippen molar-refractivity contribution in [3.63, 3.8) is 0 Å². The van der Waals surface area contributed by atoms with E-state index in [1.54, 1.807) is 0 Å². The topological polar surface area (TPSA) is 79.0 Å². The van der Waals surface area contributed by atoms with Crippen LogP contribution in [0.1, 0.15) is 11.5 Å². The number of hydrogen-bond donors (Lipinski definition) is 0. The molecule has 2 rings (SSSR count). The highest BCUT2D eigenvalue weighted by atomic mass is 16.4. The number of rotatable bonds is 3. The molecular weight excluding hydrogens is 208 g/mol. The zero-order valence-electron chi connectivity index (χ0n) is 8.64. The van der Waals surface area contributed by atoms with Gasteiger partial charge in [0.05, 0.1) is 12.4 Å². The van der Waals surface area contributed by atoms with E-state index < -0.39 is 5.97 Å². The maximum Gasteiger partial charge on any atom is 0.247 e. The van der Waals surface area contributed by atoms with E-state index in [9.17, 15) is 9.90 Å². The summed E-state index contributed by atoms with van der Waals surface area (Å²) in [5.41, 5.74) is 1.89. The molecule has 0 amide bonds. The Morgan fingerprint density at radius 3 is 2.62 bits per heavy atom. The zero-order chi connectivity index (χ0) is 11.5. The van der Waals surface area contributed by atoms with Gasteiger partial charge in [-0.15, -0.1) is 10.2 Å². The van der Waals surface area contributed by atoms with Crippen molar-refractivity contribution < 1.29 is 14.3 Å². The van der Waals surface area contributed by atoms with Crippen molar-refractivity contribution in [1.82, 2.24) is 10.2 Å². The summed E-state index contributed by atoms with van der Waals surface area (Å²) in [6, 6.07) is 7.51. The molecule has 0 radical (unpaired) electrons. The largest absolute Gasteiger partial charge is 0.550 e. The van der Waals surface area contributed by atoms with Crippen LogP contribution in [-0.4, -0.2) is 16.2 Å². The predicted molar refractivity (Wildman–Crippen MR) is 53.2 cm³/mol. The Kier molecular flexibility index (Phi) is 2.68. The number of carboxylic acids is 1. The number of hydrogen-bond acceptors (Lipinski definition) is 5. The summed E-state index contributed by atoms with van der Waals surface area (Å²) >= 11 is 0. The summed E-state index contributed by atoms with van der Waals surface area (Å²) in [4.78, 5) is 10.3. The Labute approximate surface area is 91.7 Å². The van der Waals surface area contributed by atoms with E-state index >= 15 is 0 Å². The average Bonchev–Trinajstić information content (AvgIpc) is 2.66. The molecule has 0 aliphatic rings. The number of aliphatic carboxylic acids is 1. The Morgan fingerprint density at radius 2 is 2.00 bits per heavy atom. The van der Waals surface area contributed by atoms with Gasteiger partial charge in [0.15, 0.2) is 0 Å². The highest BCUT2D eigenvalue weighted by Crippen LogP contribution is 2.18. The second kappa shape index (κ2) is 4.14. The van der Waals surface area contributed by atoms with E-state index in [0.717, 1.165) is 11.1 Å². The molecule has 0 fully saturated rings. The summed E-state index contributed by atoms with van der Waals surface area (Å²) in [5.74, 6) is -0.870. The normalized spacial score (nSPS) is 10.3. The van der Waals surface area contributed by atoms with Crippen LogP contribution in [0.15, 0.2) is 28.7 Å². The van der Waals surface area contributed by atoms with Crippen LogP contribution in [0, 0.1) is 6.92 Å². The summed E-state index contributed by atoms with van der Waals surface area (Å²) in [6.45, 7) is 1.97. The highest BCUT2D eigenvalue weighted by Gasteiger charge is 2.07. The van der Waals surface area contributed by atoms with Gasteiger partial charge in [-0.3, -0.25) is 0 Å². The molecule has 0 atom stereocenters. The number of carbonyl (C=O) groups is 1. The number of carbonyl (C=O) groups excluding carboxylic acids is 1. The first-order valence-electron chi connectivity index (χ1n) is 4.74. The first kappa shape index (κ1) is 10.4. The van der Waals surface area contributed by atoms with Crippen molar-refractivity contribution in [3.8, 4) is 11.5 Å². The smallest absolute Gasteiger partial charge is 0.247 e. The summed E-state index contributed by atoms with van der Waals surface area (Å²) in [7, 11) is 0. The summed E-state index contributed by atoms with van der Waals surface area (Å²) in [5, 5.41) is 17.7. The van der Waals surface area contributed by atoms with Crippen LogP contribution in [0.3, 0.4) is 0 Å². The molecular formula is C11H9N2O3-. The SMILES string of the molecule is Cc1ccc(-c2nnc(CC(=O)[O-])o2)cc1. The van der Waals surface area contributed by atoms with Gasteiger partial charge in [-0.05, 0) is 19.1 Å². The molecule has 0 unspecified atom stereocenters. The molecule has 2 aromatic rings. The van der Waals surface area contributed by atoms with Gasteiger partial charge >= 0.3 is 0 Å². The minimum absolute atomic E-state index is 0.0515. The van der Waals surface area contributed by atoms with Crippen molar-refractivity contribution >= 4 is 5.97 Å². The van der Waals surface area contributed by atoms with E-state index in [0.29, 0.717) is 5.89 Å². The maximum atomic E-state index is 10.3. The highest BCUT2D eigenvalue weighted by molar-refractivity contribution is 5.66. The molecule has 5 heteroatoms. The molecule has 0 bridgehead atoms. The molecule has 16 heavy (non-hydrogen) atoms. The fourth-order valence-electron chi connectivity index (χ4n) is 1.26. The monoisotopic (exact) mass is 217 g/mol. The van der Waals surface area contributed by atoms with Gasteiger partial charge in [-0.2, -0.15) is 0 Å². The van der Waals surface area contributed by atoms with Gasteiger partial charge in [0, 0.05) is 5.56 Å². The van der Waals surface area contributed by atoms with E-state index in [4.69, 9.17) is 4.42 Å². The van der Waals surface area contributed by atoms with E-state index in [2.05, 4.69) is 10.2 Å². The molecule has 0 N–H and O–H groups in total. The van der Waals surface area contributed by atoms with E-state index in [1.807, 2.05) is 31.2 Å². The molecule has 0 spiro atoms. The van der Waals surface area contributed by atoms with Crippen LogP contribution in [0.4, 0.5) is 0 Å². The number of aryl methyl sites for hydroxylation is 1. The van der Waals surface area contributed by atoms with Crippen LogP contribution in [0.2, 0.25) is 0 Å². The fourth-order valence-corrected chi connectivity index (χ4v) is 1.26. The quantitative estimate of drug-likeness (QED) is 0.740. The van der Waals surface area contributed by atoms with Crippen LogP contribution in [-0.2, 0) is 11.2 Å². The number of nitrogens with zero attached hydrogens (tertiary/aromatic N) is 2. The lowest BCUT2D eigenvalue weighted by Gasteiger charge is -1.96. The first-order valence-corrected chi connectivity index (χ1v) is 4.74. The van der Waals surface area contributed by atoms with Gasteiger partial charge in [-0.25, -0.2) is 0 Å². The molecule has 1 aromatic carbocycles. The summed E-state index contributed by atoms with van der Waals surface area (Å²) in [6.07, 6.45) is -0.362. The van der Waals surface area contributed by atoms with Crippen molar-refractivity contribution in [2.45, 2.75) is 13.3 Å². The van der Waals surface area contributed by atoms with Crippen molar-refractivity contribution in [3.05, 3.63) is 35.7 Å². The fraction of sp³-hybridized carbons (Fsp3) is 0.182. The minimum atomic E-state index is -1.24. The maximum absolute atomic E-state index is 10.3. The van der Waals surface area contributed by atoms with Crippen molar-refractivity contribution in [2.75, 3.05) is 0 Å². The van der Waals surface area contributed by atoms with E-state index in [1.165, 1.54) is 0 Å². The Hall–Kier alpha value is -2.17. The number of benzene rings is 1. The van der Waals surface area contributed by atoms with Crippen molar-refractivity contribution in [1.29, 1.82) is 0 Å². The summed E-state index contributed by atoms with van der Waals surface area (Å²) < 4.78 is 5.18. The molecule has 0 aliphatic carbocycles. The van der Waals surface area contributed by atoms with Crippen LogP contribution in [0.5, 0.6) is 0 Å². The number of carboxylic acid groups (broad SMARTS) is 1. The van der Waals surface area contributed by atoms with Gasteiger partial charge < -0.3 is 14.3 Å². The minimum Gasteiger partial charge on any atom is -0.550 e. The predicted octanol–water partition coefficient (Wildman–Crippen LogP) is 0.337. The molecule has 1 aromatic heterocycles. The van der Waals surface area contributed by atoms with Gasteiger partial charge in [0.25, 0.3) is 0 Å². The van der Waals surface area contributed by atoms with Crippen LogP contribution in [0.25, 0.3) is 11.5 Å². The number of aromatic nitrogens is 2. The average molecular weight is 217 g/mol. The lowest BCUT2D eigenvalue weighted by Crippen LogP contribution is -2.24. The third-order valence-electron chi connectivity index (χ3n) is 2.06. The zero-order valence-corrected chi connectivity index (χ0v) is 8.64. The standard InChI is InChI=1S/C11H10N2O3/c1-7-2-4-8(5-3-7)11-13-12-9(16-11)6-10(14)15/h2-5H,6H2,1H3,(H,14,15)/p-1. The molecule has 1 heterocycles. The Bertz CT molecular complexity index is 502. The molecule has 5 nitrogen and oxygen atoms in total. The van der Waals surface area contributed by atoms with Crippen LogP contribution < -0.4 is 5.11 Å². The molecule has 0 saturated heterocycles. The molecule has 0 aliphatic heterocycles. The lowest BCUT2D eigenvalue weighted by molar-refractivity contribution is -0.305. The van der Waals surface area contributed by atoms with Gasteiger partial charge in [0.2, 0.25) is 11.8 Å². The Balaban J connectivity index is 2.24.